The average molecular weight is 384 g/mol. The molecule has 152 valence electrons. The van der Waals surface area contributed by atoms with Crippen molar-refractivity contribution in [3.63, 3.8) is 0 Å². The van der Waals surface area contributed by atoms with Crippen LogP contribution in [0.2, 0.25) is 0 Å². The number of oxime groups is 1. The molecule has 0 saturated heterocycles. The van der Waals surface area contributed by atoms with Crippen LogP contribution in [0.25, 0.3) is 0 Å². The number of hydrogen-bond donors (Lipinski definition) is 0. The molecule has 28 heavy (non-hydrogen) atoms. The third-order valence-electron chi connectivity index (χ3n) is 3.97. The topological polar surface area (TPSA) is 40.0 Å². The van der Waals surface area contributed by atoms with Crippen LogP contribution in [-0.2, 0) is 11.4 Å². The van der Waals surface area contributed by atoms with E-state index in [-0.39, 0.29) is 0 Å². The molecule has 0 unspecified atom stereocenters. The molecule has 4 heteroatoms. The summed E-state index contributed by atoms with van der Waals surface area (Å²) in [5, 5.41) is 3.98. The Morgan fingerprint density at radius 2 is 1.71 bits per heavy atom. The maximum atomic E-state index is 6.09. The fraction of sp³-hybridized carbons (Fsp3) is 0.375. The lowest BCUT2D eigenvalue weighted by molar-refractivity contribution is 0.213. The minimum atomic E-state index is 0.495. The zero-order chi connectivity index (χ0) is 20.9. The van der Waals surface area contributed by atoms with E-state index in [2.05, 4.69) is 11.2 Å². The molecular formula is C24H33NO3. The van der Waals surface area contributed by atoms with Crippen molar-refractivity contribution in [1.29, 1.82) is 0 Å². The lowest BCUT2D eigenvalue weighted by Crippen LogP contribution is -2.02. The van der Waals surface area contributed by atoms with Crippen molar-refractivity contribution in [3.05, 3.63) is 70.8 Å². The van der Waals surface area contributed by atoms with Gasteiger partial charge in [0.15, 0.2) is 0 Å². The first-order valence-electron chi connectivity index (χ1n) is 9.70. The second-order valence-electron chi connectivity index (χ2n) is 6.11. The molecular weight excluding hydrogens is 350 g/mol. The van der Waals surface area contributed by atoms with Crippen molar-refractivity contribution < 1.29 is 14.3 Å². The number of aryl methyl sites for hydroxylation is 2. The summed E-state index contributed by atoms with van der Waals surface area (Å²) < 4.78 is 11.8. The Morgan fingerprint density at radius 1 is 1.04 bits per heavy atom. The van der Waals surface area contributed by atoms with Gasteiger partial charge in [-0.05, 0) is 68.1 Å². The normalized spacial score (nSPS) is 11.0. The number of ether oxygens (including phenoxy) is 2. The molecule has 0 heterocycles. The maximum absolute atomic E-state index is 6.09. The predicted molar refractivity (Wildman–Crippen MR) is 118 cm³/mol. The summed E-state index contributed by atoms with van der Waals surface area (Å²) in [6, 6.07) is 12.1. The highest BCUT2D eigenvalue weighted by molar-refractivity contribution is 5.98. The molecule has 0 bridgehead atoms. The Hall–Kier alpha value is -2.75. The number of hydrogen-bond acceptors (Lipinski definition) is 4. The number of allylic oxidation sites excluding steroid dienone is 1. The summed E-state index contributed by atoms with van der Waals surface area (Å²) in [5.41, 5.74) is 5.07. The fourth-order valence-corrected chi connectivity index (χ4v) is 2.69. The molecule has 2 rings (SSSR count). The second kappa shape index (κ2) is 12.6. The smallest absolute Gasteiger partial charge is 0.125 e. The molecule has 0 aliphatic rings. The van der Waals surface area contributed by atoms with Crippen LogP contribution in [0, 0.1) is 13.8 Å². The highest BCUT2D eigenvalue weighted by Gasteiger charge is 2.08. The van der Waals surface area contributed by atoms with Crippen LogP contribution in [-0.4, -0.2) is 19.4 Å². The minimum absolute atomic E-state index is 0.495. The van der Waals surface area contributed by atoms with Crippen molar-refractivity contribution in [2.75, 3.05) is 13.7 Å². The third-order valence-corrected chi connectivity index (χ3v) is 3.97. The summed E-state index contributed by atoms with van der Waals surface area (Å²) in [5.74, 6) is 1.76. The molecule has 0 N–H and O–H groups in total. The van der Waals surface area contributed by atoms with Crippen LogP contribution in [0.1, 0.15) is 49.9 Å². The van der Waals surface area contributed by atoms with E-state index >= 15 is 0 Å². The van der Waals surface area contributed by atoms with Gasteiger partial charge >= 0.3 is 0 Å². The van der Waals surface area contributed by atoms with Gasteiger partial charge in [0.05, 0.1) is 5.71 Å². The zero-order valence-corrected chi connectivity index (χ0v) is 18.2. The Kier molecular flexibility index (Phi) is 10.5. The molecule has 0 aliphatic heterocycles. The van der Waals surface area contributed by atoms with E-state index in [1.54, 1.807) is 7.11 Å². The quantitative estimate of drug-likeness (QED) is 0.308. The van der Waals surface area contributed by atoms with Crippen LogP contribution in [0.3, 0.4) is 0 Å². The van der Waals surface area contributed by atoms with Gasteiger partial charge in [-0.1, -0.05) is 49.4 Å². The SMILES string of the molecule is C/C=C/COc1cc(C)c(OCc2cccc(C(C)=NOC)c2)c(C)c1.CC. The maximum Gasteiger partial charge on any atom is 0.125 e. The predicted octanol–water partition coefficient (Wildman–Crippen LogP) is 6.23. The van der Waals surface area contributed by atoms with Gasteiger partial charge in [0.2, 0.25) is 0 Å². The van der Waals surface area contributed by atoms with Crippen molar-refractivity contribution >= 4 is 5.71 Å². The van der Waals surface area contributed by atoms with Gasteiger partial charge in [0.1, 0.15) is 31.8 Å². The second-order valence-corrected chi connectivity index (χ2v) is 6.11. The lowest BCUT2D eigenvalue weighted by Gasteiger charge is -2.15. The zero-order valence-electron chi connectivity index (χ0n) is 18.2. The summed E-state index contributed by atoms with van der Waals surface area (Å²) in [6.07, 6.45) is 3.96. The molecule has 0 spiro atoms. The summed E-state index contributed by atoms with van der Waals surface area (Å²) >= 11 is 0. The van der Waals surface area contributed by atoms with Gasteiger partial charge in [0, 0.05) is 0 Å². The molecule has 0 radical (unpaired) electrons. The Labute approximate surface area is 169 Å². The van der Waals surface area contributed by atoms with E-state index < -0.39 is 0 Å². The first-order valence-corrected chi connectivity index (χ1v) is 9.70. The van der Waals surface area contributed by atoms with Crippen molar-refractivity contribution in [2.24, 2.45) is 5.16 Å². The van der Waals surface area contributed by atoms with Crippen molar-refractivity contribution in [2.45, 2.75) is 48.1 Å². The first kappa shape index (κ1) is 23.3. The van der Waals surface area contributed by atoms with Crippen molar-refractivity contribution in [1.82, 2.24) is 0 Å². The van der Waals surface area contributed by atoms with Gasteiger partial charge in [-0.2, -0.15) is 0 Å². The molecule has 2 aromatic rings. The van der Waals surface area contributed by atoms with E-state index in [1.165, 1.54) is 0 Å². The first-order chi connectivity index (χ1) is 13.5. The molecule has 2 aromatic carbocycles. The molecule has 0 saturated carbocycles. The summed E-state index contributed by atoms with van der Waals surface area (Å²) in [6.45, 7) is 13.0. The van der Waals surface area contributed by atoms with Crippen LogP contribution in [0.4, 0.5) is 0 Å². The van der Waals surface area contributed by atoms with Crippen LogP contribution < -0.4 is 9.47 Å². The van der Waals surface area contributed by atoms with E-state index in [1.807, 2.05) is 84.0 Å². The van der Waals surface area contributed by atoms with Gasteiger partial charge in [0.25, 0.3) is 0 Å². The molecule has 4 nitrogen and oxygen atoms in total. The van der Waals surface area contributed by atoms with E-state index in [0.717, 1.165) is 39.5 Å². The molecule has 0 amide bonds. The number of benzene rings is 2. The van der Waals surface area contributed by atoms with Crippen molar-refractivity contribution in [3.8, 4) is 11.5 Å². The Bertz CT molecular complexity index is 771. The molecule has 0 atom stereocenters. The molecule has 0 fully saturated rings. The molecule has 0 aliphatic carbocycles. The van der Waals surface area contributed by atoms with Gasteiger partial charge in [-0.3, -0.25) is 0 Å². The Balaban J connectivity index is 0.00000190. The molecule has 0 aromatic heterocycles. The van der Waals surface area contributed by atoms with E-state index in [9.17, 15) is 0 Å². The summed E-state index contributed by atoms with van der Waals surface area (Å²) in [7, 11) is 1.55. The summed E-state index contributed by atoms with van der Waals surface area (Å²) in [4.78, 5) is 4.85. The van der Waals surface area contributed by atoms with Crippen LogP contribution >= 0.6 is 0 Å². The van der Waals surface area contributed by atoms with Gasteiger partial charge in [-0.25, -0.2) is 0 Å². The highest BCUT2D eigenvalue weighted by atomic mass is 16.6. The lowest BCUT2D eigenvalue weighted by atomic mass is 10.1. The largest absolute Gasteiger partial charge is 0.490 e. The Morgan fingerprint density at radius 3 is 2.32 bits per heavy atom. The number of rotatable bonds is 8. The number of nitrogens with zero attached hydrogens (tertiary/aromatic N) is 1. The monoisotopic (exact) mass is 383 g/mol. The van der Waals surface area contributed by atoms with Crippen LogP contribution in [0.15, 0.2) is 53.7 Å². The van der Waals surface area contributed by atoms with Gasteiger partial charge in [-0.15, -0.1) is 0 Å². The minimum Gasteiger partial charge on any atom is -0.490 e. The average Bonchev–Trinajstić information content (AvgIpc) is 2.69. The van der Waals surface area contributed by atoms with E-state index in [4.69, 9.17) is 14.3 Å². The van der Waals surface area contributed by atoms with E-state index in [0.29, 0.717) is 13.2 Å². The fourth-order valence-electron chi connectivity index (χ4n) is 2.69. The third kappa shape index (κ3) is 7.10. The van der Waals surface area contributed by atoms with Gasteiger partial charge < -0.3 is 14.3 Å². The van der Waals surface area contributed by atoms with Crippen LogP contribution in [0.5, 0.6) is 11.5 Å². The highest BCUT2D eigenvalue weighted by Crippen LogP contribution is 2.29. The standard InChI is InChI=1S/C22H27NO3.C2H6/c1-6-7-11-25-21-12-16(2)22(17(3)13-21)26-15-19-9-8-10-20(14-19)18(4)23-24-5;1-2/h6-10,12-14H,11,15H2,1-5H3;1-2H3/b7-6+,23-18?;.